The maximum absolute atomic E-state index is 7.37. The molecule has 50 heavy (non-hydrogen) atoms. The molecule has 7 heterocycles. The van der Waals surface area contributed by atoms with Crippen LogP contribution in [0.4, 0.5) is 28.4 Å². The van der Waals surface area contributed by atoms with Crippen LogP contribution in [0, 0.1) is 0 Å². The van der Waals surface area contributed by atoms with Crippen LogP contribution in [-0.2, 0) is 25.7 Å². The zero-order chi connectivity index (χ0) is 32.5. The Morgan fingerprint density at radius 1 is 0.580 bits per heavy atom. The van der Waals surface area contributed by atoms with Crippen LogP contribution in [-0.4, -0.2) is 32.9 Å². The summed E-state index contributed by atoms with van der Waals surface area (Å²) in [5.41, 5.74) is 18.8. The number of hydrogen-bond acceptors (Lipinski definition) is 5. The van der Waals surface area contributed by atoms with Gasteiger partial charge in [0.25, 0.3) is 6.71 Å². The summed E-state index contributed by atoms with van der Waals surface area (Å²) in [6.07, 6.45) is 9.38. The summed E-state index contributed by atoms with van der Waals surface area (Å²) >= 11 is 1.97. The Morgan fingerprint density at radius 3 is 2.04 bits per heavy atom. The smallest absolute Gasteiger partial charge is 0.268 e. The molecule has 1 aromatic heterocycles. The number of fused-ring (bicyclic) bond motifs is 9. The van der Waals surface area contributed by atoms with Crippen LogP contribution in [0.3, 0.4) is 0 Å². The lowest BCUT2D eigenvalue weighted by atomic mass is 9.36. The van der Waals surface area contributed by atoms with Crippen molar-refractivity contribution in [3.8, 4) is 22.6 Å². The minimum absolute atomic E-state index is 0.175. The molecule has 6 aliphatic rings. The van der Waals surface area contributed by atoms with Gasteiger partial charge in [0.2, 0.25) is 0 Å². The van der Waals surface area contributed by atoms with E-state index in [4.69, 9.17) is 4.74 Å². The van der Waals surface area contributed by atoms with Gasteiger partial charge in [0.1, 0.15) is 11.5 Å². The van der Waals surface area contributed by atoms with Crippen molar-refractivity contribution in [3.63, 3.8) is 0 Å². The first-order valence-corrected chi connectivity index (χ1v) is 19.7. The van der Waals surface area contributed by atoms with Gasteiger partial charge in [0.05, 0.1) is 5.69 Å². The fraction of sp³-hybridized carbons (Fsp3) is 0.273. The van der Waals surface area contributed by atoms with Gasteiger partial charge in [-0.25, -0.2) is 0 Å². The number of nitrogens with zero attached hydrogens (tertiary/aromatic N) is 3. The van der Waals surface area contributed by atoms with Crippen molar-refractivity contribution >= 4 is 72.3 Å². The predicted octanol–water partition coefficient (Wildman–Crippen LogP) is 8.37. The van der Waals surface area contributed by atoms with Gasteiger partial charge in [0, 0.05) is 69.4 Å². The summed E-state index contributed by atoms with van der Waals surface area (Å²) in [5, 5.41) is 1.27. The molecule has 0 radical (unpaired) electrons. The molecule has 0 fully saturated rings. The van der Waals surface area contributed by atoms with Crippen LogP contribution in [0.25, 0.3) is 21.2 Å². The largest absolute Gasteiger partial charge is 0.456 e. The number of thiophene rings is 1. The van der Waals surface area contributed by atoms with Gasteiger partial charge in [-0.2, -0.15) is 0 Å². The molecule has 0 aliphatic carbocycles. The van der Waals surface area contributed by atoms with Crippen LogP contribution >= 0.6 is 11.3 Å². The third-order valence-corrected chi connectivity index (χ3v) is 13.7. The molecule has 5 aromatic carbocycles. The summed E-state index contributed by atoms with van der Waals surface area (Å²) in [4.78, 5) is 8.17. The van der Waals surface area contributed by atoms with Gasteiger partial charge >= 0.3 is 0 Å². The Bertz CT molecular complexity index is 2400. The number of anilines is 5. The standard InChI is InChI=1S/C44H38BN3OS/c1-2-10-27(11-3-1)28-18-20-30(21-19-28)48-40-32-14-7-23-46-22-6-12-29(38(32)46)26-35(40)45-37-41(48)33-15-8-24-47-25-9-16-34(39(33)47)42(37)49-43-31-13-4-5-17-36(31)50-44(43)45/h1-5,10-11,13,17-21,26H,6-9,12,14-16,22-25H2. The van der Waals surface area contributed by atoms with E-state index in [1.165, 1.54) is 110 Å². The zero-order valence-corrected chi connectivity index (χ0v) is 29.1. The van der Waals surface area contributed by atoms with Crippen molar-refractivity contribution < 1.29 is 4.74 Å². The molecule has 0 bridgehead atoms. The Morgan fingerprint density at radius 2 is 1.24 bits per heavy atom. The van der Waals surface area contributed by atoms with Gasteiger partial charge in [-0.3, -0.25) is 0 Å². The Labute approximate surface area is 298 Å². The van der Waals surface area contributed by atoms with Crippen LogP contribution < -0.4 is 35.1 Å². The molecule has 6 aromatic rings. The highest BCUT2D eigenvalue weighted by atomic mass is 32.1. The molecule has 6 heteroatoms. The van der Waals surface area contributed by atoms with E-state index >= 15 is 0 Å². The van der Waals surface area contributed by atoms with Crippen LogP contribution in [0.2, 0.25) is 0 Å². The molecule has 0 saturated heterocycles. The minimum Gasteiger partial charge on any atom is -0.456 e. The summed E-state index contributed by atoms with van der Waals surface area (Å²) < 4.78 is 10.1. The predicted molar refractivity (Wildman–Crippen MR) is 211 cm³/mol. The Hall–Kier alpha value is -4.68. The molecule has 0 N–H and O–H groups in total. The molecule has 0 atom stereocenters. The third-order valence-electron chi connectivity index (χ3n) is 12.5. The fourth-order valence-electron chi connectivity index (χ4n) is 10.6. The SMILES string of the molecule is c1ccc(-c2ccc(N3c4c(cc5c6c4CCCN6CCC5)B4c5sc6ccccc6c5Oc5c6c7c(c3c54)CCCN7CCC6)cc2)cc1. The second-order valence-corrected chi connectivity index (χ2v) is 16.2. The Balaban J connectivity index is 1.21. The van der Waals surface area contributed by atoms with E-state index in [1.807, 2.05) is 11.3 Å². The highest BCUT2D eigenvalue weighted by Crippen LogP contribution is 2.54. The number of ether oxygens (including phenoxy) is 1. The van der Waals surface area contributed by atoms with Crippen LogP contribution in [0.5, 0.6) is 11.5 Å². The lowest BCUT2D eigenvalue weighted by Gasteiger charge is -2.48. The molecule has 0 unspecified atom stereocenters. The average molecular weight is 668 g/mol. The highest BCUT2D eigenvalue weighted by molar-refractivity contribution is 7.33. The number of aryl methyl sites for hydroxylation is 1. The number of rotatable bonds is 2. The number of hydrogen-bond donors (Lipinski definition) is 0. The van der Waals surface area contributed by atoms with Crippen molar-refractivity contribution in [1.82, 2.24) is 0 Å². The molecular formula is C44H38BN3OS. The van der Waals surface area contributed by atoms with Crippen molar-refractivity contribution in [2.45, 2.75) is 51.4 Å². The number of benzene rings is 5. The first-order valence-electron chi connectivity index (χ1n) is 18.9. The van der Waals surface area contributed by atoms with Crippen molar-refractivity contribution in [3.05, 3.63) is 107 Å². The first kappa shape index (κ1) is 28.1. The third kappa shape index (κ3) is 3.73. The Kier molecular flexibility index (Phi) is 5.85. The van der Waals surface area contributed by atoms with Crippen molar-refractivity contribution in [1.29, 1.82) is 0 Å². The minimum atomic E-state index is 0.175. The molecular weight excluding hydrogens is 629 g/mol. The maximum Gasteiger partial charge on any atom is 0.268 e. The monoisotopic (exact) mass is 667 g/mol. The van der Waals surface area contributed by atoms with E-state index in [9.17, 15) is 0 Å². The van der Waals surface area contributed by atoms with Gasteiger partial charge in [0.15, 0.2) is 0 Å². The molecule has 12 rings (SSSR count). The maximum atomic E-state index is 7.37. The summed E-state index contributed by atoms with van der Waals surface area (Å²) in [5.74, 6) is 2.27. The van der Waals surface area contributed by atoms with E-state index in [1.54, 1.807) is 22.4 Å². The quantitative estimate of drug-likeness (QED) is 0.173. The second-order valence-electron chi connectivity index (χ2n) is 15.2. The van der Waals surface area contributed by atoms with Crippen molar-refractivity contribution in [2.24, 2.45) is 0 Å². The molecule has 244 valence electrons. The van der Waals surface area contributed by atoms with Crippen LogP contribution in [0.15, 0.2) is 84.9 Å². The summed E-state index contributed by atoms with van der Waals surface area (Å²) in [6, 6.07) is 31.9. The van der Waals surface area contributed by atoms with E-state index < -0.39 is 0 Å². The normalized spacial score (nSPS) is 17.8. The van der Waals surface area contributed by atoms with E-state index in [0.717, 1.165) is 43.9 Å². The van der Waals surface area contributed by atoms with Gasteiger partial charge < -0.3 is 19.4 Å². The van der Waals surface area contributed by atoms with Crippen molar-refractivity contribution in [2.75, 3.05) is 40.9 Å². The summed E-state index contributed by atoms with van der Waals surface area (Å²) in [7, 11) is 0. The molecule has 4 nitrogen and oxygen atoms in total. The first-order chi connectivity index (χ1) is 24.8. The van der Waals surface area contributed by atoms with Gasteiger partial charge in [-0.15, -0.1) is 11.3 Å². The van der Waals surface area contributed by atoms with E-state index in [0.29, 0.717) is 0 Å². The van der Waals surface area contributed by atoms with Gasteiger partial charge in [-0.1, -0.05) is 60.7 Å². The summed E-state index contributed by atoms with van der Waals surface area (Å²) in [6.45, 7) is 4.82. The van der Waals surface area contributed by atoms with E-state index in [-0.39, 0.29) is 6.71 Å². The lowest BCUT2D eigenvalue weighted by Crippen LogP contribution is -2.60. The second kappa shape index (κ2) is 10.4. The molecule has 6 aliphatic heterocycles. The average Bonchev–Trinajstić information content (AvgIpc) is 3.55. The molecule has 0 saturated carbocycles. The lowest BCUT2D eigenvalue weighted by molar-refractivity contribution is 0.482. The zero-order valence-electron chi connectivity index (χ0n) is 28.3. The van der Waals surface area contributed by atoms with Crippen LogP contribution in [0.1, 0.15) is 47.9 Å². The molecule has 0 spiro atoms. The fourth-order valence-corrected chi connectivity index (χ4v) is 11.8. The molecule has 0 amide bonds. The van der Waals surface area contributed by atoms with E-state index in [2.05, 4.69) is 99.6 Å². The van der Waals surface area contributed by atoms with Gasteiger partial charge in [-0.05, 0) is 114 Å². The topological polar surface area (TPSA) is 19.0 Å². The highest BCUT2D eigenvalue weighted by Gasteiger charge is 2.49.